The topological polar surface area (TPSA) is 403 Å². The Morgan fingerprint density at radius 1 is 0.500 bits per heavy atom. The number of nitrogens with one attached hydrogen (secondary N) is 9. The molecule has 0 aliphatic carbocycles. The average molecular weight is 1170 g/mol. The normalized spacial score (nSPS) is 16.5. The van der Waals surface area contributed by atoms with Crippen LogP contribution < -0.4 is 53.6 Å². The van der Waals surface area contributed by atoms with Gasteiger partial charge in [-0.05, 0) is 68.6 Å². The molecular formula is C58H79N11O15. The minimum Gasteiger partial charge on any atom is -0.481 e. The largest absolute Gasteiger partial charge is 0.481 e. The van der Waals surface area contributed by atoms with Crippen LogP contribution in [0.3, 0.4) is 0 Å². The molecule has 26 heteroatoms. The number of nitrogens with zero attached hydrogens (tertiary/aromatic N) is 1. The molecule has 0 radical (unpaired) electrons. The van der Waals surface area contributed by atoms with Crippen LogP contribution in [0.15, 0.2) is 91.0 Å². The zero-order valence-corrected chi connectivity index (χ0v) is 48.1. The first-order chi connectivity index (χ1) is 39.7. The summed E-state index contributed by atoms with van der Waals surface area (Å²) in [4.78, 5) is 161. The predicted molar refractivity (Wildman–Crippen MR) is 304 cm³/mol. The number of rotatable bonds is 31. The summed E-state index contributed by atoms with van der Waals surface area (Å²) in [6, 6.07) is 12.6. The number of carboxylic acids is 2. The van der Waals surface area contributed by atoms with Gasteiger partial charge < -0.3 is 73.8 Å². The van der Waals surface area contributed by atoms with Crippen LogP contribution in [0.2, 0.25) is 0 Å². The molecule has 84 heavy (non-hydrogen) atoms. The molecule has 1 aliphatic rings. The fourth-order valence-corrected chi connectivity index (χ4v) is 9.01. The highest BCUT2D eigenvalue weighted by atomic mass is 16.4. The zero-order valence-electron chi connectivity index (χ0n) is 48.1. The van der Waals surface area contributed by atoms with Crippen molar-refractivity contribution in [1.29, 1.82) is 0 Å². The van der Waals surface area contributed by atoms with Crippen molar-refractivity contribution >= 4 is 71.0 Å². The first-order valence-electron chi connectivity index (χ1n) is 27.7. The number of hydrogen-bond donors (Lipinski definition) is 13. The maximum absolute atomic E-state index is 14.0. The van der Waals surface area contributed by atoms with Crippen LogP contribution in [-0.4, -0.2) is 171 Å². The van der Waals surface area contributed by atoms with Crippen LogP contribution in [0.4, 0.5) is 0 Å². The van der Waals surface area contributed by atoms with Gasteiger partial charge in [0.15, 0.2) is 0 Å². The van der Waals surface area contributed by atoms with Gasteiger partial charge in [-0.2, -0.15) is 0 Å². The molecule has 26 nitrogen and oxygen atoms in total. The van der Waals surface area contributed by atoms with Crippen molar-refractivity contribution in [3.63, 3.8) is 0 Å². The number of likely N-dealkylation sites (tertiary alicyclic amines) is 1. The minimum atomic E-state index is -1.89. The van der Waals surface area contributed by atoms with Crippen LogP contribution in [0.5, 0.6) is 0 Å². The summed E-state index contributed by atoms with van der Waals surface area (Å²) in [7, 11) is 0. The van der Waals surface area contributed by atoms with Crippen LogP contribution in [0.25, 0.3) is 0 Å². The Balaban J connectivity index is 1.36. The Morgan fingerprint density at radius 2 is 0.929 bits per heavy atom. The number of hydrogen-bond acceptors (Lipinski definition) is 14. The van der Waals surface area contributed by atoms with Gasteiger partial charge in [0.2, 0.25) is 59.1 Å². The third-order valence-corrected chi connectivity index (χ3v) is 13.8. The third-order valence-electron chi connectivity index (χ3n) is 13.8. The molecule has 11 atom stereocenters. The summed E-state index contributed by atoms with van der Waals surface area (Å²) in [5.74, 6) is -12.7. The molecule has 1 fully saturated rings. The van der Waals surface area contributed by atoms with E-state index < -0.39 is 162 Å². The van der Waals surface area contributed by atoms with Crippen LogP contribution in [-0.2, 0) is 76.8 Å². The number of carboxylic acid groups (broad SMARTS) is 2. The van der Waals surface area contributed by atoms with E-state index in [0.29, 0.717) is 17.5 Å². The Hall–Kier alpha value is -8.78. The van der Waals surface area contributed by atoms with E-state index in [1.807, 2.05) is 6.07 Å². The number of benzene rings is 3. The predicted octanol–water partition coefficient (Wildman–Crippen LogP) is -1.68. The quantitative estimate of drug-likeness (QED) is 0.0342. The first-order valence-corrected chi connectivity index (χ1v) is 27.7. The van der Waals surface area contributed by atoms with E-state index in [9.17, 15) is 72.9 Å². The van der Waals surface area contributed by atoms with Crippen molar-refractivity contribution in [3.05, 3.63) is 108 Å². The number of aliphatic hydroxyl groups excluding tert-OH is 1. The Labute approximate surface area is 487 Å². The van der Waals surface area contributed by atoms with E-state index >= 15 is 0 Å². The molecular weight excluding hydrogens is 1090 g/mol. The zero-order chi connectivity index (χ0) is 62.4. The third kappa shape index (κ3) is 21.2. The van der Waals surface area contributed by atoms with Crippen LogP contribution in [0, 0.1) is 11.8 Å². The smallest absolute Gasteiger partial charge is 0.326 e. The molecule has 456 valence electrons. The highest BCUT2D eigenvalue weighted by molar-refractivity contribution is 5.99. The first kappa shape index (κ1) is 67.7. The van der Waals surface area contributed by atoms with Crippen molar-refractivity contribution in [2.45, 2.75) is 154 Å². The molecule has 0 unspecified atom stereocenters. The average Bonchev–Trinajstić information content (AvgIpc) is 4.16. The van der Waals surface area contributed by atoms with E-state index in [4.69, 9.17) is 5.73 Å². The highest BCUT2D eigenvalue weighted by Gasteiger charge is 2.39. The highest BCUT2D eigenvalue weighted by Crippen LogP contribution is 2.19. The van der Waals surface area contributed by atoms with Crippen molar-refractivity contribution < 1.29 is 72.9 Å². The molecule has 3 aromatic rings. The fraction of sp³-hybridized carbons (Fsp3) is 0.483. The summed E-state index contributed by atoms with van der Waals surface area (Å²) in [5, 5.41) is 52.3. The molecule has 0 spiro atoms. The van der Waals surface area contributed by atoms with E-state index in [1.165, 1.54) is 32.6 Å². The molecule has 1 heterocycles. The van der Waals surface area contributed by atoms with Gasteiger partial charge in [-0.15, -0.1) is 0 Å². The molecule has 0 aromatic heterocycles. The molecule has 1 saturated heterocycles. The SMILES string of the molecule is CC(C)[C@H](NC(=O)[C@H](CC(=O)O)NC(=O)[C@@H](NC(=O)[C@H](C)NC(=O)[C@@H](NC(=O)[C@@H](N)Cc1ccccc1)C(C)C)[C@@H](C)O)C(=O)NCC(=O)N1CCC[C@H]1C(=O)N[C@@H](Cc1ccccc1)C(=O)N[C@@H](C)C(=O)N[C@@H](Cc1ccccc1)C(=O)O. The summed E-state index contributed by atoms with van der Waals surface area (Å²) in [5.41, 5.74) is 8.20. The van der Waals surface area contributed by atoms with Gasteiger partial charge in [-0.3, -0.25) is 52.7 Å². The number of carbonyl (C=O) groups excluding carboxylic acids is 10. The number of nitrogens with two attached hydrogens (primary N) is 1. The lowest BCUT2D eigenvalue weighted by Gasteiger charge is -2.29. The summed E-state index contributed by atoms with van der Waals surface area (Å²) >= 11 is 0. The van der Waals surface area contributed by atoms with Gasteiger partial charge in [-0.25, -0.2) is 4.79 Å². The minimum absolute atomic E-state index is 0.0234. The molecule has 0 bridgehead atoms. The maximum atomic E-state index is 14.0. The summed E-state index contributed by atoms with van der Waals surface area (Å²) in [6.45, 7) is 9.53. The van der Waals surface area contributed by atoms with E-state index in [1.54, 1.807) is 98.8 Å². The van der Waals surface area contributed by atoms with Crippen molar-refractivity contribution in [3.8, 4) is 0 Å². The molecule has 3 aromatic carbocycles. The molecule has 1 aliphatic heterocycles. The Bertz CT molecular complexity index is 2790. The second kappa shape index (κ2) is 32.8. The van der Waals surface area contributed by atoms with Gasteiger partial charge in [0, 0.05) is 19.4 Å². The molecule has 4 rings (SSSR count). The Kier molecular flexibility index (Phi) is 26.4. The Morgan fingerprint density at radius 3 is 1.43 bits per heavy atom. The van der Waals surface area contributed by atoms with E-state index in [0.717, 1.165) is 12.5 Å². The van der Waals surface area contributed by atoms with Crippen molar-refractivity contribution in [1.82, 2.24) is 52.8 Å². The molecule has 14 N–H and O–H groups in total. The maximum Gasteiger partial charge on any atom is 0.326 e. The van der Waals surface area contributed by atoms with Gasteiger partial charge in [-0.1, -0.05) is 119 Å². The lowest BCUT2D eigenvalue weighted by atomic mass is 10.0. The van der Waals surface area contributed by atoms with E-state index in [2.05, 4.69) is 47.9 Å². The number of carbonyl (C=O) groups is 12. The second-order valence-corrected chi connectivity index (χ2v) is 21.4. The molecule has 10 amide bonds. The van der Waals surface area contributed by atoms with Gasteiger partial charge in [0.1, 0.15) is 54.4 Å². The molecule has 0 saturated carbocycles. The lowest BCUT2D eigenvalue weighted by Crippen LogP contribution is -2.62. The van der Waals surface area contributed by atoms with Crippen LogP contribution >= 0.6 is 0 Å². The number of amides is 10. The summed E-state index contributed by atoms with van der Waals surface area (Å²) in [6.07, 6.45) is -2.02. The number of aliphatic hydroxyl groups is 1. The van der Waals surface area contributed by atoms with Crippen molar-refractivity contribution in [2.24, 2.45) is 17.6 Å². The van der Waals surface area contributed by atoms with Gasteiger partial charge in [0.05, 0.1) is 25.1 Å². The lowest BCUT2D eigenvalue weighted by molar-refractivity contribution is -0.143. The van der Waals surface area contributed by atoms with Gasteiger partial charge in [0.25, 0.3) is 0 Å². The summed E-state index contributed by atoms with van der Waals surface area (Å²) < 4.78 is 0. The fourth-order valence-electron chi connectivity index (χ4n) is 9.01. The van der Waals surface area contributed by atoms with Gasteiger partial charge >= 0.3 is 11.9 Å². The van der Waals surface area contributed by atoms with Crippen molar-refractivity contribution in [2.75, 3.05) is 13.1 Å². The second-order valence-electron chi connectivity index (χ2n) is 21.4. The van der Waals surface area contributed by atoms with E-state index in [-0.39, 0.29) is 32.2 Å². The standard InChI is InChI=1S/C58H79N11O15/c1-31(2)46(67-53(78)41(29-45(72)73)64-57(82)48(35(7)70)68-50(75)34(6)62-56(81)47(32(3)4)66-51(76)39(59)26-36-18-11-8-12-19-36)55(80)60-30-44(71)69-25-17-24-43(69)54(79)63-40(27-37-20-13-9-14-21-37)52(77)61-33(5)49(74)65-42(58(83)84)28-38-22-15-10-16-23-38/h8-16,18-23,31-35,39-43,46-48,70H,17,24-30,59H2,1-7H3,(H,60,80)(H,61,77)(H,62,81)(H,63,79)(H,64,82)(H,65,74)(H,66,76)(H,67,78)(H,68,75)(H,72,73)(H,83,84)/t33-,34-,35+,39-,40-,41-,42-,43-,46-,47-,48-/m0/s1. The van der Waals surface area contributed by atoms with Crippen LogP contribution in [0.1, 0.15) is 84.4 Å². The monoisotopic (exact) mass is 1170 g/mol. The number of aliphatic carboxylic acids is 2.